The van der Waals surface area contributed by atoms with E-state index in [1.54, 1.807) is 6.20 Å². The largest absolute Gasteiger partial charge is 0.257 e. The summed E-state index contributed by atoms with van der Waals surface area (Å²) < 4.78 is 0. The lowest BCUT2D eigenvalue weighted by Gasteiger charge is -1.93. The first-order valence-corrected chi connectivity index (χ1v) is 3.85. The topological polar surface area (TPSA) is 12.9 Å². The monoisotopic (exact) mass is 147 g/mol. The fourth-order valence-electron chi connectivity index (χ4n) is 1.02. The van der Waals surface area contributed by atoms with Crippen LogP contribution in [0.15, 0.2) is 18.3 Å². The minimum absolute atomic E-state index is 0.881. The first kappa shape index (κ1) is 7.99. The van der Waals surface area contributed by atoms with Gasteiger partial charge < -0.3 is 0 Å². The summed E-state index contributed by atoms with van der Waals surface area (Å²) in [5.41, 5.74) is 1.35. The van der Waals surface area contributed by atoms with Crippen molar-refractivity contribution in [3.05, 3.63) is 28.9 Å². The molecular weight excluding hydrogens is 134 g/mol. The molecule has 1 heterocycles. The van der Waals surface area contributed by atoms with Gasteiger partial charge in [-0.15, -0.1) is 0 Å². The van der Waals surface area contributed by atoms with Gasteiger partial charge in [-0.25, -0.2) is 0 Å². The van der Waals surface area contributed by atoms with Crippen LogP contribution in [0.5, 0.6) is 0 Å². The lowest BCUT2D eigenvalue weighted by molar-refractivity contribution is 1.16. The summed E-state index contributed by atoms with van der Waals surface area (Å²) in [5, 5.41) is 2.07. The first-order chi connectivity index (χ1) is 5.25. The van der Waals surface area contributed by atoms with Crippen LogP contribution >= 0.6 is 0 Å². The molecule has 1 aromatic rings. The molecule has 1 nitrogen and oxygen atoms in total. The molecule has 0 aliphatic carbocycles. The number of hydrogen-bond donors (Lipinski definition) is 0. The average Bonchev–Trinajstić information content (AvgIpc) is 2.04. The van der Waals surface area contributed by atoms with Gasteiger partial charge in [0, 0.05) is 6.20 Å². The molecule has 0 aliphatic heterocycles. The van der Waals surface area contributed by atoms with E-state index in [0.717, 1.165) is 11.8 Å². The molecule has 1 aromatic heterocycles. The summed E-state index contributed by atoms with van der Waals surface area (Å²) in [6.07, 6.45) is 2.84. The van der Waals surface area contributed by atoms with Crippen molar-refractivity contribution in [2.24, 2.45) is 0 Å². The predicted molar refractivity (Wildman–Crippen MR) is 48.4 cm³/mol. The molecule has 0 saturated carbocycles. The summed E-state index contributed by atoms with van der Waals surface area (Å²) in [6.45, 7) is 8.12. The van der Waals surface area contributed by atoms with Gasteiger partial charge in [0.2, 0.25) is 0 Å². The summed E-state index contributed by atoms with van der Waals surface area (Å²) in [6, 6.07) is 4.01. The summed E-state index contributed by atoms with van der Waals surface area (Å²) in [4.78, 5) is 4.12. The molecule has 1 rings (SSSR count). The van der Waals surface area contributed by atoms with E-state index in [1.807, 2.05) is 6.07 Å². The fraction of sp³-hybridized carbons (Fsp3) is 0.300. The van der Waals surface area contributed by atoms with Crippen molar-refractivity contribution in [1.82, 2.24) is 4.98 Å². The third kappa shape index (κ3) is 1.67. The third-order valence-corrected chi connectivity index (χ3v) is 1.88. The summed E-state index contributed by atoms with van der Waals surface area (Å²) >= 11 is 0. The molecule has 0 radical (unpaired) electrons. The van der Waals surface area contributed by atoms with Crippen molar-refractivity contribution in [3.63, 3.8) is 0 Å². The Bertz CT molecular complexity index is 338. The van der Waals surface area contributed by atoms with Crippen LogP contribution in [0, 0.1) is 0 Å². The molecule has 0 aromatic carbocycles. The zero-order valence-corrected chi connectivity index (χ0v) is 7.09. The van der Waals surface area contributed by atoms with Crippen LogP contribution in [0.1, 0.15) is 20.3 Å². The van der Waals surface area contributed by atoms with Gasteiger partial charge >= 0.3 is 0 Å². The van der Waals surface area contributed by atoms with Crippen LogP contribution in [-0.4, -0.2) is 4.98 Å². The summed E-state index contributed by atoms with van der Waals surface area (Å²) in [5.74, 6) is 0. The van der Waals surface area contributed by atoms with E-state index >= 15 is 0 Å². The highest BCUT2D eigenvalue weighted by Crippen LogP contribution is 1.93. The van der Waals surface area contributed by atoms with Crippen LogP contribution in [0.25, 0.3) is 12.2 Å². The van der Waals surface area contributed by atoms with E-state index in [0.29, 0.717) is 0 Å². The van der Waals surface area contributed by atoms with Crippen molar-refractivity contribution in [2.75, 3.05) is 0 Å². The Morgan fingerprint density at radius 2 is 2.36 bits per heavy atom. The minimum Gasteiger partial charge on any atom is -0.257 e. The molecular formula is C10H13N. The second kappa shape index (κ2) is 3.33. The van der Waals surface area contributed by atoms with Gasteiger partial charge in [-0.1, -0.05) is 25.1 Å². The predicted octanol–water partition coefficient (Wildman–Crippen LogP) is 1.07. The second-order valence-electron chi connectivity index (χ2n) is 2.63. The van der Waals surface area contributed by atoms with Gasteiger partial charge in [0.15, 0.2) is 0 Å². The van der Waals surface area contributed by atoms with Gasteiger partial charge in [-0.3, -0.25) is 4.98 Å². The van der Waals surface area contributed by atoms with E-state index in [-0.39, 0.29) is 0 Å². The molecule has 0 saturated heterocycles. The molecule has 0 bridgehead atoms. The van der Waals surface area contributed by atoms with Crippen LogP contribution in [-0.2, 0) is 0 Å². The summed E-state index contributed by atoms with van der Waals surface area (Å²) in [7, 11) is 0. The minimum atomic E-state index is 0.881. The number of nitrogens with zero attached hydrogens (tertiary/aromatic N) is 1. The van der Waals surface area contributed by atoms with Crippen LogP contribution < -0.4 is 10.6 Å². The normalized spacial score (nSPS) is 12.9. The lowest BCUT2D eigenvalue weighted by Crippen LogP contribution is -2.27. The third-order valence-electron chi connectivity index (χ3n) is 1.88. The van der Waals surface area contributed by atoms with E-state index in [4.69, 9.17) is 0 Å². The van der Waals surface area contributed by atoms with Gasteiger partial charge in [-0.05, 0) is 24.6 Å². The quantitative estimate of drug-likeness (QED) is 0.579. The molecule has 58 valence electrons. The lowest BCUT2D eigenvalue weighted by atomic mass is 10.2. The zero-order valence-electron chi connectivity index (χ0n) is 7.09. The van der Waals surface area contributed by atoms with Gasteiger partial charge in [-0.2, -0.15) is 0 Å². The van der Waals surface area contributed by atoms with Crippen LogP contribution in [0.2, 0.25) is 0 Å². The molecule has 11 heavy (non-hydrogen) atoms. The Kier molecular flexibility index (Phi) is 2.42. The highest BCUT2D eigenvalue weighted by Gasteiger charge is 1.87. The van der Waals surface area contributed by atoms with Crippen molar-refractivity contribution in [2.45, 2.75) is 20.3 Å². The number of pyridine rings is 1. The molecule has 0 N–H and O–H groups in total. The zero-order chi connectivity index (χ0) is 8.27. The first-order valence-electron chi connectivity index (χ1n) is 3.85. The Morgan fingerprint density at radius 1 is 1.64 bits per heavy atom. The van der Waals surface area contributed by atoms with Gasteiger partial charge in [0.1, 0.15) is 0 Å². The molecule has 0 aliphatic rings. The second-order valence-corrected chi connectivity index (χ2v) is 2.63. The Balaban J connectivity index is 3.46. The van der Waals surface area contributed by atoms with Crippen molar-refractivity contribution in [3.8, 4) is 0 Å². The highest BCUT2D eigenvalue weighted by atomic mass is 14.6. The van der Waals surface area contributed by atoms with E-state index < -0.39 is 0 Å². The van der Waals surface area contributed by atoms with Gasteiger partial charge in [0.25, 0.3) is 0 Å². The molecule has 0 unspecified atom stereocenters. The number of rotatable bonds is 1. The van der Waals surface area contributed by atoms with Crippen LogP contribution in [0.3, 0.4) is 0 Å². The Labute approximate surface area is 67.1 Å². The van der Waals surface area contributed by atoms with Crippen molar-refractivity contribution >= 4 is 12.2 Å². The maximum atomic E-state index is 4.12. The fourth-order valence-corrected chi connectivity index (χ4v) is 1.02. The maximum absolute atomic E-state index is 4.12. The molecule has 0 amide bonds. The molecule has 0 fully saturated rings. The number of aromatic nitrogens is 1. The SMILES string of the molecule is C=c1ncccc1=C(C)CC. The van der Waals surface area contributed by atoms with E-state index in [9.17, 15) is 0 Å². The molecule has 1 heteroatoms. The molecule has 0 spiro atoms. The van der Waals surface area contributed by atoms with Crippen molar-refractivity contribution < 1.29 is 0 Å². The van der Waals surface area contributed by atoms with Crippen LogP contribution in [0.4, 0.5) is 0 Å². The standard InChI is InChI=1S/C10H13N/c1-4-8(2)10-6-5-7-11-9(10)3/h5-7H,3-4H2,1-2H3. The Hall–Kier alpha value is -1.11. The van der Waals surface area contributed by atoms with E-state index in [2.05, 4.69) is 31.5 Å². The highest BCUT2D eigenvalue weighted by molar-refractivity contribution is 5.40. The van der Waals surface area contributed by atoms with Crippen molar-refractivity contribution in [1.29, 1.82) is 0 Å². The van der Waals surface area contributed by atoms with Gasteiger partial charge in [0.05, 0.1) is 5.35 Å². The Morgan fingerprint density at radius 3 is 2.91 bits per heavy atom. The maximum Gasteiger partial charge on any atom is 0.0629 e. The average molecular weight is 147 g/mol. The molecule has 0 atom stereocenters. The van der Waals surface area contributed by atoms with E-state index in [1.165, 1.54) is 10.8 Å². The number of hydrogen-bond acceptors (Lipinski definition) is 1. The smallest absolute Gasteiger partial charge is 0.0629 e.